The molecule has 3 rings (SSSR count). The van der Waals surface area contributed by atoms with Gasteiger partial charge in [0, 0.05) is 24.2 Å². The van der Waals surface area contributed by atoms with Crippen LogP contribution in [0.2, 0.25) is 0 Å². The van der Waals surface area contributed by atoms with Crippen LogP contribution in [0.4, 0.5) is 4.39 Å². The Morgan fingerprint density at radius 3 is 2.53 bits per heavy atom. The van der Waals surface area contributed by atoms with Crippen molar-refractivity contribution in [1.82, 2.24) is 9.80 Å². The molecule has 0 spiro atoms. The Labute approximate surface area is 187 Å². The highest BCUT2D eigenvalue weighted by atomic mass is 19.1. The van der Waals surface area contributed by atoms with Crippen LogP contribution < -0.4 is 4.74 Å². The molecule has 0 radical (unpaired) electrons. The second-order valence-corrected chi connectivity index (χ2v) is 8.14. The number of carbonyl (C=O) groups is 2. The average Bonchev–Trinajstić information content (AvgIpc) is 3.00. The van der Waals surface area contributed by atoms with E-state index in [0.717, 1.165) is 6.42 Å². The van der Waals surface area contributed by atoms with Crippen LogP contribution in [0.3, 0.4) is 0 Å². The summed E-state index contributed by atoms with van der Waals surface area (Å²) in [7, 11) is 3.69. The van der Waals surface area contributed by atoms with Gasteiger partial charge in [0.15, 0.2) is 0 Å². The van der Waals surface area contributed by atoms with Gasteiger partial charge in [0.05, 0.1) is 18.2 Å². The lowest BCUT2D eigenvalue weighted by atomic mass is 9.93. The van der Waals surface area contributed by atoms with Crippen molar-refractivity contribution < 1.29 is 23.8 Å². The zero-order valence-electron chi connectivity index (χ0n) is 18.9. The summed E-state index contributed by atoms with van der Waals surface area (Å²) >= 11 is 0. The third-order valence-electron chi connectivity index (χ3n) is 5.45. The first-order valence-corrected chi connectivity index (χ1v) is 10.7. The Balaban J connectivity index is 2.13. The number of amides is 1. The van der Waals surface area contributed by atoms with Gasteiger partial charge in [-0.25, -0.2) is 4.39 Å². The highest BCUT2D eigenvalue weighted by Gasteiger charge is 2.46. The summed E-state index contributed by atoms with van der Waals surface area (Å²) in [5.74, 6) is -1.77. The molecule has 0 bridgehead atoms. The number of rotatable bonds is 8. The van der Waals surface area contributed by atoms with Gasteiger partial charge in [0.2, 0.25) is 0 Å². The molecule has 0 aromatic heterocycles. The van der Waals surface area contributed by atoms with Crippen LogP contribution >= 0.6 is 0 Å². The maximum Gasteiger partial charge on any atom is 0.295 e. The van der Waals surface area contributed by atoms with Crippen LogP contribution in [0.1, 0.15) is 36.1 Å². The normalized spacial score (nSPS) is 17.9. The minimum absolute atomic E-state index is 0.107. The number of Topliss-reactive ketones (excluding diaryl/α,β-unsaturated/α-hetero) is 1. The number of ketones is 1. The summed E-state index contributed by atoms with van der Waals surface area (Å²) in [4.78, 5) is 29.1. The molecule has 2 aromatic carbocycles. The highest BCUT2D eigenvalue weighted by Crippen LogP contribution is 2.40. The predicted molar refractivity (Wildman–Crippen MR) is 121 cm³/mol. The zero-order valence-corrected chi connectivity index (χ0v) is 18.9. The lowest BCUT2D eigenvalue weighted by Crippen LogP contribution is -2.35. The molecule has 6 nitrogen and oxygen atoms in total. The number of aryl methyl sites for hydroxylation is 1. The van der Waals surface area contributed by atoms with Crippen LogP contribution in [0.5, 0.6) is 5.75 Å². The quantitative estimate of drug-likeness (QED) is 0.383. The molecule has 0 aliphatic carbocycles. The van der Waals surface area contributed by atoms with Crippen LogP contribution in [0.15, 0.2) is 48.0 Å². The molecule has 1 aliphatic rings. The van der Waals surface area contributed by atoms with E-state index in [9.17, 15) is 19.1 Å². The van der Waals surface area contributed by atoms with E-state index in [-0.39, 0.29) is 23.4 Å². The van der Waals surface area contributed by atoms with E-state index in [1.165, 1.54) is 17.0 Å². The van der Waals surface area contributed by atoms with E-state index in [2.05, 4.69) is 0 Å². The van der Waals surface area contributed by atoms with Crippen LogP contribution in [-0.2, 0) is 9.59 Å². The molecule has 1 heterocycles. The van der Waals surface area contributed by atoms with E-state index in [0.29, 0.717) is 30.0 Å². The first kappa shape index (κ1) is 23.5. The third kappa shape index (κ3) is 4.67. The molecule has 1 amide bonds. The fourth-order valence-corrected chi connectivity index (χ4v) is 3.80. The maximum absolute atomic E-state index is 14.8. The Hall–Kier alpha value is -3.19. The molecule has 1 atom stereocenters. The molecule has 1 fully saturated rings. The van der Waals surface area contributed by atoms with Gasteiger partial charge in [-0.3, -0.25) is 9.59 Å². The monoisotopic (exact) mass is 440 g/mol. The van der Waals surface area contributed by atoms with Gasteiger partial charge in [0.1, 0.15) is 17.3 Å². The lowest BCUT2D eigenvalue weighted by molar-refractivity contribution is -0.140. The predicted octanol–water partition coefficient (Wildman–Crippen LogP) is 3.91. The summed E-state index contributed by atoms with van der Waals surface area (Å²) in [6.07, 6.45) is 0.861. The Kier molecular flexibility index (Phi) is 7.30. The van der Waals surface area contributed by atoms with E-state index >= 15 is 0 Å². The van der Waals surface area contributed by atoms with Crippen molar-refractivity contribution >= 4 is 17.4 Å². The molecular formula is C25H29FN2O4. The SMILES string of the molecule is CCCOc1ccc(C(O)=C2C(=O)C(=O)N(CCN(C)C)C2c2ccccc2F)c(C)c1. The maximum atomic E-state index is 14.8. The summed E-state index contributed by atoms with van der Waals surface area (Å²) in [6.45, 7) is 5.06. The number of hydrogen-bond acceptors (Lipinski definition) is 5. The summed E-state index contributed by atoms with van der Waals surface area (Å²) in [5, 5.41) is 11.2. The first-order chi connectivity index (χ1) is 15.3. The molecule has 1 aliphatic heterocycles. The number of carbonyl (C=O) groups excluding carboxylic acids is 2. The minimum Gasteiger partial charge on any atom is -0.507 e. The largest absolute Gasteiger partial charge is 0.507 e. The zero-order chi connectivity index (χ0) is 23.4. The van der Waals surface area contributed by atoms with Crippen molar-refractivity contribution in [3.05, 3.63) is 70.5 Å². The number of nitrogens with zero attached hydrogens (tertiary/aromatic N) is 2. The van der Waals surface area contributed by atoms with E-state index in [1.807, 2.05) is 25.9 Å². The van der Waals surface area contributed by atoms with Crippen molar-refractivity contribution in [3.8, 4) is 5.75 Å². The second-order valence-electron chi connectivity index (χ2n) is 8.14. The number of hydrogen-bond donors (Lipinski definition) is 1. The third-order valence-corrected chi connectivity index (χ3v) is 5.45. The number of halogens is 1. The van der Waals surface area contributed by atoms with Gasteiger partial charge in [-0.05, 0) is 57.3 Å². The van der Waals surface area contributed by atoms with Crippen LogP contribution in [-0.4, -0.2) is 60.4 Å². The van der Waals surface area contributed by atoms with Gasteiger partial charge in [-0.2, -0.15) is 0 Å². The van der Waals surface area contributed by atoms with Gasteiger partial charge in [-0.1, -0.05) is 25.1 Å². The standard InChI is InChI=1S/C25H29FN2O4/c1-5-14-32-17-10-11-18(16(2)15-17)23(29)21-22(19-8-6-7-9-20(19)26)28(13-12-27(3)4)25(31)24(21)30/h6-11,15,22,29H,5,12-14H2,1-4H3. The topological polar surface area (TPSA) is 70.1 Å². The summed E-state index contributed by atoms with van der Waals surface area (Å²) < 4.78 is 20.4. The molecule has 1 unspecified atom stereocenters. The van der Waals surface area contributed by atoms with E-state index in [4.69, 9.17) is 4.74 Å². The molecule has 7 heteroatoms. The van der Waals surface area contributed by atoms with Crippen LogP contribution in [0.25, 0.3) is 5.76 Å². The lowest BCUT2D eigenvalue weighted by Gasteiger charge is -2.27. The molecular weight excluding hydrogens is 411 g/mol. The fraction of sp³-hybridized carbons (Fsp3) is 0.360. The second kappa shape index (κ2) is 9.96. The minimum atomic E-state index is -1.01. The van der Waals surface area contributed by atoms with E-state index in [1.54, 1.807) is 37.3 Å². The Morgan fingerprint density at radius 2 is 1.91 bits per heavy atom. The van der Waals surface area contributed by atoms with Crippen molar-refractivity contribution in [2.24, 2.45) is 0 Å². The molecule has 1 N–H and O–H groups in total. The number of likely N-dealkylation sites (tertiary alicyclic amines) is 1. The van der Waals surface area contributed by atoms with Crippen molar-refractivity contribution in [1.29, 1.82) is 0 Å². The van der Waals surface area contributed by atoms with Crippen molar-refractivity contribution in [2.75, 3.05) is 33.8 Å². The van der Waals surface area contributed by atoms with Crippen molar-refractivity contribution in [2.45, 2.75) is 26.3 Å². The Morgan fingerprint density at radius 1 is 1.19 bits per heavy atom. The highest BCUT2D eigenvalue weighted by molar-refractivity contribution is 6.46. The smallest absolute Gasteiger partial charge is 0.295 e. The number of ether oxygens (including phenoxy) is 1. The molecule has 170 valence electrons. The number of likely N-dealkylation sites (N-methyl/N-ethyl adjacent to an activating group) is 1. The average molecular weight is 441 g/mol. The molecule has 32 heavy (non-hydrogen) atoms. The Bertz CT molecular complexity index is 1050. The van der Waals surface area contributed by atoms with Gasteiger partial charge < -0.3 is 19.6 Å². The summed E-state index contributed by atoms with van der Waals surface area (Å²) in [6, 6.07) is 10.1. The van der Waals surface area contributed by atoms with Gasteiger partial charge in [0.25, 0.3) is 11.7 Å². The number of aliphatic hydroxyl groups excluding tert-OH is 1. The molecule has 0 saturated carbocycles. The van der Waals surface area contributed by atoms with Gasteiger partial charge in [-0.15, -0.1) is 0 Å². The molecule has 2 aromatic rings. The van der Waals surface area contributed by atoms with Crippen LogP contribution in [0, 0.1) is 12.7 Å². The summed E-state index contributed by atoms with van der Waals surface area (Å²) in [5.41, 5.74) is 1.15. The van der Waals surface area contributed by atoms with Crippen molar-refractivity contribution in [3.63, 3.8) is 0 Å². The number of aliphatic hydroxyl groups is 1. The fourth-order valence-electron chi connectivity index (χ4n) is 3.80. The van der Waals surface area contributed by atoms with E-state index < -0.39 is 23.5 Å². The van der Waals surface area contributed by atoms with Gasteiger partial charge >= 0.3 is 0 Å². The number of benzene rings is 2. The first-order valence-electron chi connectivity index (χ1n) is 10.7. The molecule has 1 saturated heterocycles.